The van der Waals surface area contributed by atoms with Crippen LogP contribution in [-0.2, 0) is 23.0 Å². The predicted molar refractivity (Wildman–Crippen MR) is 69.6 cm³/mol. The molecule has 4 N–H and O–H groups in total. The number of rotatable bonds is 6. The van der Waals surface area contributed by atoms with Gasteiger partial charge in [-0.1, -0.05) is 0 Å². The monoisotopic (exact) mass is 281 g/mol. The second-order valence-electron chi connectivity index (χ2n) is 3.84. The van der Waals surface area contributed by atoms with Gasteiger partial charge in [-0.25, -0.2) is 18.1 Å². The summed E-state index contributed by atoms with van der Waals surface area (Å²) in [6, 6.07) is 3.06. The number of aromatic amines is 1. The van der Waals surface area contributed by atoms with Gasteiger partial charge in [0.1, 0.15) is 10.7 Å². The smallest absolute Gasteiger partial charge is 0.242 e. The van der Waals surface area contributed by atoms with Crippen LogP contribution in [0.3, 0.4) is 0 Å². The standard InChI is InChI=1S/C11H15N5O2S/c12-8-9-10(2-1-4-13-9)19(17,18)16-5-3-11-14-6-7-15-11/h1-2,4,6-7,16H,3,5,8,12H2,(H,14,15). The Morgan fingerprint density at radius 1 is 1.32 bits per heavy atom. The lowest BCUT2D eigenvalue weighted by Gasteiger charge is -2.08. The number of nitrogens with two attached hydrogens (primary N) is 1. The maximum absolute atomic E-state index is 12.1. The molecule has 0 aromatic carbocycles. The molecule has 2 aromatic heterocycles. The summed E-state index contributed by atoms with van der Waals surface area (Å²) in [5.41, 5.74) is 5.84. The Morgan fingerprint density at radius 2 is 2.16 bits per heavy atom. The number of nitrogens with zero attached hydrogens (tertiary/aromatic N) is 2. The molecule has 0 aliphatic carbocycles. The maximum atomic E-state index is 12.1. The van der Waals surface area contributed by atoms with E-state index in [4.69, 9.17) is 5.73 Å². The van der Waals surface area contributed by atoms with Crippen molar-refractivity contribution in [3.05, 3.63) is 42.2 Å². The molecule has 2 aromatic rings. The van der Waals surface area contributed by atoms with E-state index < -0.39 is 10.0 Å². The van der Waals surface area contributed by atoms with Gasteiger partial charge in [-0.3, -0.25) is 4.98 Å². The van der Waals surface area contributed by atoms with Gasteiger partial charge in [0, 0.05) is 38.1 Å². The van der Waals surface area contributed by atoms with Crippen molar-refractivity contribution in [3.8, 4) is 0 Å². The van der Waals surface area contributed by atoms with Crippen molar-refractivity contribution in [1.29, 1.82) is 0 Å². The first-order valence-corrected chi connectivity index (χ1v) is 7.23. The number of sulfonamides is 1. The van der Waals surface area contributed by atoms with Gasteiger partial charge in [-0.15, -0.1) is 0 Å². The zero-order chi connectivity index (χ0) is 13.7. The SMILES string of the molecule is NCc1ncccc1S(=O)(=O)NCCc1ncc[nH]1. The minimum Gasteiger partial charge on any atom is -0.349 e. The number of aromatic nitrogens is 3. The van der Waals surface area contributed by atoms with Gasteiger partial charge in [0.25, 0.3) is 0 Å². The van der Waals surface area contributed by atoms with Crippen molar-refractivity contribution in [2.75, 3.05) is 6.54 Å². The quantitative estimate of drug-likeness (QED) is 0.677. The van der Waals surface area contributed by atoms with E-state index in [9.17, 15) is 8.42 Å². The largest absolute Gasteiger partial charge is 0.349 e. The van der Waals surface area contributed by atoms with Crippen LogP contribution in [0.5, 0.6) is 0 Å². The molecule has 0 amide bonds. The molecular formula is C11H15N5O2S. The molecule has 0 bridgehead atoms. The summed E-state index contributed by atoms with van der Waals surface area (Å²) in [6.07, 6.45) is 5.32. The molecule has 0 aliphatic heterocycles. The van der Waals surface area contributed by atoms with Crippen molar-refractivity contribution in [1.82, 2.24) is 19.7 Å². The van der Waals surface area contributed by atoms with E-state index in [0.29, 0.717) is 12.1 Å². The molecular weight excluding hydrogens is 266 g/mol. The molecule has 0 fully saturated rings. The average Bonchev–Trinajstić information content (AvgIpc) is 2.91. The first-order chi connectivity index (χ1) is 9.13. The Bertz CT molecular complexity index is 624. The molecule has 0 saturated heterocycles. The van der Waals surface area contributed by atoms with Gasteiger partial charge >= 0.3 is 0 Å². The van der Waals surface area contributed by atoms with Gasteiger partial charge < -0.3 is 10.7 Å². The predicted octanol–water partition coefficient (Wildman–Crippen LogP) is -0.216. The Morgan fingerprint density at radius 3 is 2.84 bits per heavy atom. The van der Waals surface area contributed by atoms with Crippen LogP contribution in [-0.4, -0.2) is 29.9 Å². The summed E-state index contributed by atoms with van der Waals surface area (Å²) in [7, 11) is -3.59. The van der Waals surface area contributed by atoms with E-state index in [0.717, 1.165) is 5.82 Å². The van der Waals surface area contributed by atoms with Gasteiger partial charge in [0.15, 0.2) is 0 Å². The van der Waals surface area contributed by atoms with Crippen LogP contribution in [0.1, 0.15) is 11.5 Å². The van der Waals surface area contributed by atoms with E-state index in [1.807, 2.05) is 0 Å². The zero-order valence-corrected chi connectivity index (χ0v) is 11.0. The highest BCUT2D eigenvalue weighted by Gasteiger charge is 2.17. The molecule has 0 spiro atoms. The Hall–Kier alpha value is -1.77. The molecule has 0 unspecified atom stereocenters. The highest BCUT2D eigenvalue weighted by Crippen LogP contribution is 2.11. The van der Waals surface area contributed by atoms with Gasteiger partial charge in [0.05, 0.1) is 5.69 Å². The van der Waals surface area contributed by atoms with E-state index in [1.165, 1.54) is 12.3 Å². The third-order valence-electron chi connectivity index (χ3n) is 2.54. The summed E-state index contributed by atoms with van der Waals surface area (Å²) >= 11 is 0. The van der Waals surface area contributed by atoms with Crippen LogP contribution in [0.2, 0.25) is 0 Å². The second kappa shape index (κ2) is 5.91. The van der Waals surface area contributed by atoms with Crippen molar-refractivity contribution < 1.29 is 8.42 Å². The molecule has 2 heterocycles. The van der Waals surface area contributed by atoms with E-state index in [-0.39, 0.29) is 18.0 Å². The number of nitrogens with one attached hydrogen (secondary N) is 2. The molecule has 0 radical (unpaired) electrons. The topological polar surface area (TPSA) is 114 Å². The number of imidazole rings is 1. The Labute approximate surface area is 111 Å². The molecule has 102 valence electrons. The van der Waals surface area contributed by atoms with Gasteiger partial charge in [-0.05, 0) is 12.1 Å². The van der Waals surface area contributed by atoms with Crippen LogP contribution in [0.4, 0.5) is 0 Å². The zero-order valence-electron chi connectivity index (χ0n) is 10.2. The lowest BCUT2D eigenvalue weighted by molar-refractivity contribution is 0.579. The summed E-state index contributed by atoms with van der Waals surface area (Å²) in [6.45, 7) is 0.337. The number of H-pyrrole nitrogens is 1. The lowest BCUT2D eigenvalue weighted by atomic mass is 10.3. The van der Waals surface area contributed by atoms with Gasteiger partial charge in [0.2, 0.25) is 10.0 Å². The van der Waals surface area contributed by atoms with Crippen molar-refractivity contribution in [3.63, 3.8) is 0 Å². The van der Waals surface area contributed by atoms with Crippen molar-refractivity contribution in [2.24, 2.45) is 5.73 Å². The van der Waals surface area contributed by atoms with Crippen molar-refractivity contribution in [2.45, 2.75) is 17.9 Å². The summed E-state index contributed by atoms with van der Waals surface area (Å²) in [4.78, 5) is 11.0. The Kier molecular flexibility index (Phi) is 4.25. The summed E-state index contributed by atoms with van der Waals surface area (Å²) in [5.74, 6) is 0.730. The maximum Gasteiger partial charge on any atom is 0.242 e. The summed E-state index contributed by atoms with van der Waals surface area (Å²) in [5, 5.41) is 0. The minimum atomic E-state index is -3.59. The molecule has 0 saturated carbocycles. The number of pyridine rings is 1. The normalized spacial score (nSPS) is 11.6. The fourth-order valence-electron chi connectivity index (χ4n) is 1.64. The van der Waals surface area contributed by atoms with Crippen LogP contribution in [0.25, 0.3) is 0 Å². The first-order valence-electron chi connectivity index (χ1n) is 5.75. The Balaban J connectivity index is 2.05. The van der Waals surface area contributed by atoms with Crippen LogP contribution < -0.4 is 10.5 Å². The summed E-state index contributed by atoms with van der Waals surface area (Å²) < 4.78 is 26.7. The fraction of sp³-hybridized carbons (Fsp3) is 0.273. The molecule has 8 heteroatoms. The van der Waals surface area contributed by atoms with Crippen LogP contribution in [0, 0.1) is 0 Å². The molecule has 7 nitrogen and oxygen atoms in total. The molecule has 2 rings (SSSR count). The molecule has 0 atom stereocenters. The fourth-order valence-corrected chi connectivity index (χ4v) is 2.87. The highest BCUT2D eigenvalue weighted by molar-refractivity contribution is 7.89. The third kappa shape index (κ3) is 3.37. The minimum absolute atomic E-state index is 0.0786. The van der Waals surface area contributed by atoms with E-state index in [2.05, 4.69) is 19.7 Å². The highest BCUT2D eigenvalue weighted by atomic mass is 32.2. The molecule has 0 aliphatic rings. The van der Waals surface area contributed by atoms with E-state index in [1.54, 1.807) is 18.5 Å². The van der Waals surface area contributed by atoms with Crippen molar-refractivity contribution >= 4 is 10.0 Å². The van der Waals surface area contributed by atoms with Crippen LogP contribution in [0.15, 0.2) is 35.6 Å². The number of hydrogen-bond acceptors (Lipinski definition) is 5. The average molecular weight is 281 g/mol. The van der Waals surface area contributed by atoms with Crippen LogP contribution >= 0.6 is 0 Å². The van der Waals surface area contributed by atoms with Gasteiger partial charge in [-0.2, -0.15) is 0 Å². The number of hydrogen-bond donors (Lipinski definition) is 3. The first kappa shape index (κ1) is 13.7. The molecule has 19 heavy (non-hydrogen) atoms. The van der Waals surface area contributed by atoms with E-state index >= 15 is 0 Å². The second-order valence-corrected chi connectivity index (χ2v) is 5.57. The lowest BCUT2D eigenvalue weighted by Crippen LogP contribution is -2.27. The third-order valence-corrected chi connectivity index (χ3v) is 4.07.